The maximum absolute atomic E-state index is 11.7. The molecule has 0 radical (unpaired) electrons. The summed E-state index contributed by atoms with van der Waals surface area (Å²) >= 11 is 0. The lowest BCUT2D eigenvalue weighted by atomic mass is 10.1. The van der Waals surface area contributed by atoms with Crippen LogP contribution in [0.15, 0.2) is 42.5 Å². The maximum atomic E-state index is 11.7. The molecule has 0 saturated heterocycles. The Balaban J connectivity index is 2.43. The number of rotatable bonds is 9. The number of carbonyl (C=O) groups excluding carboxylic acids is 2. The first kappa shape index (κ1) is 18.9. The number of ether oxygens (including phenoxy) is 2. The summed E-state index contributed by atoms with van der Waals surface area (Å²) in [5.41, 5.74) is 1.01. The van der Waals surface area contributed by atoms with E-state index in [9.17, 15) is 14.7 Å². The molecule has 6 heteroatoms. The van der Waals surface area contributed by atoms with Gasteiger partial charge in [0.2, 0.25) is 0 Å². The van der Waals surface area contributed by atoms with Crippen molar-refractivity contribution in [3.8, 4) is 0 Å². The molecule has 0 saturated carbocycles. The lowest BCUT2D eigenvalue weighted by Gasteiger charge is -2.21. The average molecular weight is 322 g/mol. The fourth-order valence-electron chi connectivity index (χ4n) is 1.79. The van der Waals surface area contributed by atoms with E-state index in [1.54, 1.807) is 0 Å². The monoisotopic (exact) mass is 322 g/mol. The molecular weight excluding hydrogens is 300 g/mol. The molecule has 1 aromatic rings. The molecular formula is C17H22O6. The normalized spacial score (nSPS) is 13.0. The number of hydrogen-bond donors (Lipinski definition) is 2. The summed E-state index contributed by atoms with van der Waals surface area (Å²) in [6.45, 7) is 4.33. The van der Waals surface area contributed by atoms with Gasteiger partial charge >= 0.3 is 11.9 Å². The van der Waals surface area contributed by atoms with Crippen molar-refractivity contribution in [3.63, 3.8) is 0 Å². The van der Waals surface area contributed by atoms with Crippen LogP contribution >= 0.6 is 0 Å². The van der Waals surface area contributed by atoms with Crippen LogP contribution in [0.1, 0.15) is 18.9 Å². The largest absolute Gasteiger partial charge is 0.465 e. The van der Waals surface area contributed by atoms with Crippen molar-refractivity contribution >= 4 is 11.9 Å². The van der Waals surface area contributed by atoms with Crippen LogP contribution in [0.4, 0.5) is 0 Å². The molecule has 0 amide bonds. The van der Waals surface area contributed by atoms with E-state index in [0.29, 0.717) is 0 Å². The third kappa shape index (κ3) is 7.08. The second-order valence-corrected chi connectivity index (χ2v) is 5.15. The van der Waals surface area contributed by atoms with Crippen molar-refractivity contribution in [3.05, 3.63) is 48.0 Å². The van der Waals surface area contributed by atoms with E-state index >= 15 is 0 Å². The first-order chi connectivity index (χ1) is 10.9. The van der Waals surface area contributed by atoms with Gasteiger partial charge in [-0.2, -0.15) is 0 Å². The highest BCUT2D eigenvalue weighted by atomic mass is 16.6. The molecule has 0 spiro atoms. The zero-order chi connectivity index (χ0) is 17.2. The Kier molecular flexibility index (Phi) is 8.01. The van der Waals surface area contributed by atoms with Crippen molar-refractivity contribution in [2.24, 2.45) is 0 Å². The first-order valence-electron chi connectivity index (χ1n) is 7.29. The van der Waals surface area contributed by atoms with Crippen LogP contribution in [-0.2, 0) is 25.5 Å². The molecule has 0 aliphatic heterocycles. The smallest absolute Gasteiger partial charge is 0.333 e. The van der Waals surface area contributed by atoms with Crippen molar-refractivity contribution in [1.82, 2.24) is 0 Å². The number of carbonyl (C=O) groups is 2. The predicted octanol–water partition coefficient (Wildman–Crippen LogP) is 1.00. The molecule has 2 N–H and O–H groups in total. The van der Waals surface area contributed by atoms with E-state index in [2.05, 4.69) is 6.58 Å². The molecule has 6 nitrogen and oxygen atoms in total. The Morgan fingerprint density at radius 3 is 2.48 bits per heavy atom. The summed E-state index contributed by atoms with van der Waals surface area (Å²) in [6, 6.07) is 9.13. The highest BCUT2D eigenvalue weighted by molar-refractivity contribution is 5.87. The highest BCUT2D eigenvalue weighted by Gasteiger charge is 2.23. The minimum Gasteiger partial charge on any atom is -0.465 e. The fraction of sp³-hybridized carbons (Fsp3) is 0.412. The van der Waals surface area contributed by atoms with Gasteiger partial charge in [-0.15, -0.1) is 0 Å². The molecule has 0 fully saturated rings. The molecule has 23 heavy (non-hydrogen) atoms. The predicted molar refractivity (Wildman–Crippen MR) is 83.5 cm³/mol. The summed E-state index contributed by atoms with van der Waals surface area (Å²) in [6.07, 6.45) is -1.99. The Hall–Kier alpha value is -2.18. The van der Waals surface area contributed by atoms with Gasteiger partial charge in [0, 0.05) is 12.0 Å². The summed E-state index contributed by atoms with van der Waals surface area (Å²) in [4.78, 5) is 23.2. The van der Waals surface area contributed by atoms with E-state index in [-0.39, 0.29) is 25.0 Å². The van der Waals surface area contributed by atoms with Gasteiger partial charge in [0.15, 0.2) is 0 Å². The lowest BCUT2D eigenvalue weighted by Crippen LogP contribution is -2.35. The summed E-state index contributed by atoms with van der Waals surface area (Å²) in [5, 5.41) is 18.6. The minimum absolute atomic E-state index is 0.0309. The maximum Gasteiger partial charge on any atom is 0.333 e. The SMILES string of the molecule is C=C(C)C(=O)OC(CCOC(=O)Cc1ccccc1)C(O)CO. The Labute approximate surface area is 135 Å². The topological polar surface area (TPSA) is 93.1 Å². The van der Waals surface area contributed by atoms with Crippen LogP contribution < -0.4 is 0 Å². The Bertz CT molecular complexity index is 525. The summed E-state index contributed by atoms with van der Waals surface area (Å²) in [5.74, 6) is -1.09. The minimum atomic E-state index is -1.24. The number of esters is 2. The van der Waals surface area contributed by atoms with Crippen LogP contribution in [0.25, 0.3) is 0 Å². The summed E-state index contributed by atoms with van der Waals surface area (Å²) in [7, 11) is 0. The molecule has 1 rings (SSSR count). The van der Waals surface area contributed by atoms with E-state index in [0.717, 1.165) is 5.56 Å². The number of aliphatic hydroxyl groups excluding tert-OH is 2. The van der Waals surface area contributed by atoms with Gasteiger partial charge in [0.05, 0.1) is 19.6 Å². The van der Waals surface area contributed by atoms with Crippen molar-refractivity contribution in [2.75, 3.05) is 13.2 Å². The van der Waals surface area contributed by atoms with E-state index < -0.39 is 30.8 Å². The van der Waals surface area contributed by atoms with Gasteiger partial charge in [0.25, 0.3) is 0 Å². The van der Waals surface area contributed by atoms with Crippen LogP contribution in [-0.4, -0.2) is 47.6 Å². The Morgan fingerprint density at radius 2 is 1.91 bits per heavy atom. The second-order valence-electron chi connectivity index (χ2n) is 5.15. The van der Waals surface area contributed by atoms with Crippen molar-refractivity contribution < 1.29 is 29.3 Å². The first-order valence-corrected chi connectivity index (χ1v) is 7.29. The number of aliphatic hydroxyl groups is 2. The van der Waals surface area contributed by atoms with Gasteiger partial charge in [-0.25, -0.2) is 4.79 Å². The van der Waals surface area contributed by atoms with E-state index in [4.69, 9.17) is 14.6 Å². The zero-order valence-electron chi connectivity index (χ0n) is 13.1. The standard InChI is InChI=1S/C17H22O6/c1-12(2)17(21)23-15(14(19)11-18)8-9-22-16(20)10-13-6-4-3-5-7-13/h3-7,14-15,18-19H,1,8-11H2,2H3. The number of hydrogen-bond acceptors (Lipinski definition) is 6. The van der Waals surface area contributed by atoms with Crippen LogP contribution in [0, 0.1) is 0 Å². The van der Waals surface area contributed by atoms with Gasteiger partial charge < -0.3 is 19.7 Å². The van der Waals surface area contributed by atoms with Gasteiger partial charge in [0.1, 0.15) is 12.2 Å². The molecule has 2 unspecified atom stereocenters. The number of benzene rings is 1. The van der Waals surface area contributed by atoms with Crippen LogP contribution in [0.2, 0.25) is 0 Å². The van der Waals surface area contributed by atoms with Crippen molar-refractivity contribution in [2.45, 2.75) is 32.0 Å². The second kappa shape index (κ2) is 9.76. The molecule has 0 aliphatic carbocycles. The molecule has 0 heterocycles. The van der Waals surface area contributed by atoms with Crippen LogP contribution in [0.5, 0.6) is 0 Å². The summed E-state index contributed by atoms with van der Waals surface area (Å²) < 4.78 is 10.1. The van der Waals surface area contributed by atoms with Crippen LogP contribution in [0.3, 0.4) is 0 Å². The molecule has 126 valence electrons. The Morgan fingerprint density at radius 1 is 1.26 bits per heavy atom. The zero-order valence-corrected chi connectivity index (χ0v) is 13.1. The molecule has 1 aromatic carbocycles. The van der Waals surface area contributed by atoms with Gasteiger partial charge in [-0.3, -0.25) is 4.79 Å². The molecule has 0 aromatic heterocycles. The van der Waals surface area contributed by atoms with Crippen molar-refractivity contribution in [1.29, 1.82) is 0 Å². The third-order valence-electron chi connectivity index (χ3n) is 3.08. The lowest BCUT2D eigenvalue weighted by molar-refractivity contribution is -0.154. The molecule has 0 bridgehead atoms. The average Bonchev–Trinajstić information content (AvgIpc) is 2.53. The fourth-order valence-corrected chi connectivity index (χ4v) is 1.79. The van der Waals surface area contributed by atoms with Gasteiger partial charge in [-0.1, -0.05) is 36.9 Å². The highest BCUT2D eigenvalue weighted by Crippen LogP contribution is 2.09. The quantitative estimate of drug-likeness (QED) is 0.520. The van der Waals surface area contributed by atoms with E-state index in [1.165, 1.54) is 6.92 Å². The molecule has 2 atom stereocenters. The van der Waals surface area contributed by atoms with E-state index in [1.807, 2.05) is 30.3 Å². The van der Waals surface area contributed by atoms with Gasteiger partial charge in [-0.05, 0) is 12.5 Å². The third-order valence-corrected chi connectivity index (χ3v) is 3.08. The molecule has 0 aliphatic rings.